The summed E-state index contributed by atoms with van der Waals surface area (Å²) in [6.07, 6.45) is 2.35. The van der Waals surface area contributed by atoms with Crippen LogP contribution >= 0.6 is 0 Å². The zero-order valence-corrected chi connectivity index (χ0v) is 13.0. The molecule has 25 heavy (non-hydrogen) atoms. The lowest BCUT2D eigenvalue weighted by atomic mass is 10.2. The number of aromatic nitrogens is 3. The van der Waals surface area contributed by atoms with Crippen molar-refractivity contribution in [3.63, 3.8) is 0 Å². The van der Waals surface area contributed by atoms with Gasteiger partial charge in [-0.25, -0.2) is 9.78 Å². The first kappa shape index (κ1) is 16.1. The number of ether oxygens (including phenoxy) is 1. The third kappa shape index (κ3) is 3.30. The second-order valence-corrected chi connectivity index (χ2v) is 5.12. The van der Waals surface area contributed by atoms with E-state index in [0.717, 1.165) is 0 Å². The van der Waals surface area contributed by atoms with E-state index in [2.05, 4.69) is 4.98 Å². The molecule has 8 heteroatoms. The Kier molecular flexibility index (Phi) is 4.39. The summed E-state index contributed by atoms with van der Waals surface area (Å²) in [5.74, 6) is -0.486. The van der Waals surface area contributed by atoms with Crippen molar-refractivity contribution in [3.05, 3.63) is 75.7 Å². The van der Waals surface area contributed by atoms with Crippen LogP contribution in [0.15, 0.2) is 53.6 Å². The number of nitriles is 1. The fourth-order valence-corrected chi connectivity index (χ4v) is 2.32. The molecule has 0 radical (unpaired) electrons. The van der Waals surface area contributed by atoms with Crippen molar-refractivity contribution in [2.45, 2.75) is 13.2 Å². The summed E-state index contributed by atoms with van der Waals surface area (Å²) in [6, 6.07) is 11.3. The quantitative estimate of drug-likeness (QED) is 0.398. The number of benzene rings is 1. The second kappa shape index (κ2) is 6.80. The molecule has 0 aliphatic rings. The molecule has 0 fully saturated rings. The van der Waals surface area contributed by atoms with E-state index in [9.17, 15) is 14.8 Å². The Morgan fingerprint density at radius 3 is 2.72 bits per heavy atom. The number of carbonyl (C=O) groups is 1. The molecular formula is C17H12N4O4. The topological polar surface area (TPSA) is 112 Å². The Bertz CT molecular complexity index is 1040. The van der Waals surface area contributed by atoms with Gasteiger partial charge < -0.3 is 9.94 Å². The maximum Gasteiger partial charge on any atom is 0.339 e. The average molecular weight is 336 g/mol. The Morgan fingerprint density at radius 1 is 1.28 bits per heavy atom. The lowest BCUT2D eigenvalue weighted by Crippen LogP contribution is -2.26. The van der Waals surface area contributed by atoms with Crippen LogP contribution in [0, 0.1) is 16.5 Å². The predicted molar refractivity (Wildman–Crippen MR) is 86.1 cm³/mol. The van der Waals surface area contributed by atoms with Crippen LogP contribution in [0.4, 0.5) is 0 Å². The van der Waals surface area contributed by atoms with Crippen molar-refractivity contribution in [1.29, 1.82) is 5.26 Å². The van der Waals surface area contributed by atoms with E-state index in [1.165, 1.54) is 29.1 Å². The molecule has 1 aromatic carbocycles. The fraction of sp³-hybridized carbons (Fsp3) is 0.118. The lowest BCUT2D eigenvalue weighted by molar-refractivity contribution is -0.605. The first-order chi connectivity index (χ1) is 12.1. The standard InChI is InChI=1S/C17H12N4O4/c18-7-10-21-15(19-14-4-2-1-3-13(14)16(21)22)11-25-17(23)12-5-8-20(24)9-6-12/h1-6,8-9H,10-11H2. The van der Waals surface area contributed by atoms with E-state index in [4.69, 9.17) is 10.00 Å². The van der Waals surface area contributed by atoms with Gasteiger partial charge in [0.25, 0.3) is 5.56 Å². The number of carbonyl (C=O) groups excluding carboxylic acids is 1. The molecule has 0 aliphatic carbocycles. The Labute approximate surface area is 141 Å². The van der Waals surface area contributed by atoms with Crippen LogP contribution < -0.4 is 10.3 Å². The van der Waals surface area contributed by atoms with Crippen LogP contribution in [-0.4, -0.2) is 15.5 Å². The summed E-state index contributed by atoms with van der Waals surface area (Å²) < 4.78 is 6.88. The summed E-state index contributed by atoms with van der Waals surface area (Å²) in [5, 5.41) is 20.3. The molecule has 2 heterocycles. The van der Waals surface area contributed by atoms with Gasteiger partial charge in [-0.05, 0) is 12.1 Å². The van der Waals surface area contributed by atoms with Crippen LogP contribution in [0.5, 0.6) is 0 Å². The Hall–Kier alpha value is -3.73. The molecule has 3 rings (SSSR count). The van der Waals surface area contributed by atoms with E-state index in [1.807, 2.05) is 6.07 Å². The first-order valence-electron chi connectivity index (χ1n) is 7.31. The van der Waals surface area contributed by atoms with Gasteiger partial charge in [-0.1, -0.05) is 12.1 Å². The van der Waals surface area contributed by atoms with Crippen LogP contribution in [0.25, 0.3) is 10.9 Å². The summed E-state index contributed by atoms with van der Waals surface area (Å²) in [4.78, 5) is 28.8. The smallest absolute Gasteiger partial charge is 0.339 e. The third-order valence-corrected chi connectivity index (χ3v) is 3.54. The summed E-state index contributed by atoms with van der Waals surface area (Å²) in [5.41, 5.74) is 0.284. The van der Waals surface area contributed by atoms with E-state index >= 15 is 0 Å². The van der Waals surface area contributed by atoms with Crippen LogP contribution in [0.2, 0.25) is 0 Å². The highest BCUT2D eigenvalue weighted by Gasteiger charge is 2.14. The van der Waals surface area contributed by atoms with E-state index in [0.29, 0.717) is 15.6 Å². The number of rotatable bonds is 4. The Balaban J connectivity index is 1.91. The molecule has 124 valence electrons. The molecule has 8 nitrogen and oxygen atoms in total. The lowest BCUT2D eigenvalue weighted by Gasteiger charge is -2.11. The van der Waals surface area contributed by atoms with E-state index in [-0.39, 0.29) is 30.1 Å². The van der Waals surface area contributed by atoms with Gasteiger partial charge in [0.05, 0.1) is 22.5 Å². The molecule has 0 amide bonds. The van der Waals surface area contributed by atoms with Crippen molar-refractivity contribution in [2.75, 3.05) is 0 Å². The molecule has 0 saturated heterocycles. The van der Waals surface area contributed by atoms with E-state index in [1.54, 1.807) is 24.3 Å². The Morgan fingerprint density at radius 2 is 2.00 bits per heavy atom. The molecule has 0 N–H and O–H groups in total. The summed E-state index contributed by atoms with van der Waals surface area (Å²) in [7, 11) is 0. The zero-order valence-electron chi connectivity index (χ0n) is 13.0. The number of para-hydroxylation sites is 1. The predicted octanol–water partition coefficient (Wildman–Crippen LogP) is 0.910. The van der Waals surface area contributed by atoms with Crippen LogP contribution in [0.3, 0.4) is 0 Å². The largest absolute Gasteiger partial charge is 0.619 e. The van der Waals surface area contributed by atoms with Crippen LogP contribution in [0.1, 0.15) is 16.2 Å². The fourth-order valence-electron chi connectivity index (χ4n) is 2.32. The minimum absolute atomic E-state index is 0.174. The second-order valence-electron chi connectivity index (χ2n) is 5.12. The van der Waals surface area contributed by atoms with Crippen molar-refractivity contribution >= 4 is 16.9 Å². The molecule has 2 aromatic heterocycles. The van der Waals surface area contributed by atoms with Gasteiger partial charge in [0.1, 0.15) is 13.2 Å². The van der Waals surface area contributed by atoms with Crippen molar-refractivity contribution in [2.24, 2.45) is 0 Å². The van der Waals surface area contributed by atoms with Gasteiger partial charge in [-0.3, -0.25) is 9.36 Å². The van der Waals surface area contributed by atoms with Crippen molar-refractivity contribution in [3.8, 4) is 6.07 Å². The van der Waals surface area contributed by atoms with Gasteiger partial charge in [-0.2, -0.15) is 9.99 Å². The highest BCUT2D eigenvalue weighted by molar-refractivity contribution is 5.89. The van der Waals surface area contributed by atoms with Gasteiger partial charge in [0, 0.05) is 12.1 Å². The minimum Gasteiger partial charge on any atom is -0.619 e. The molecular weight excluding hydrogens is 324 g/mol. The van der Waals surface area contributed by atoms with Crippen molar-refractivity contribution in [1.82, 2.24) is 9.55 Å². The van der Waals surface area contributed by atoms with Gasteiger partial charge >= 0.3 is 5.97 Å². The van der Waals surface area contributed by atoms with Gasteiger partial charge in [0.2, 0.25) is 0 Å². The van der Waals surface area contributed by atoms with Crippen LogP contribution in [-0.2, 0) is 17.9 Å². The van der Waals surface area contributed by atoms with Crippen molar-refractivity contribution < 1.29 is 14.3 Å². The SMILES string of the molecule is N#CCn1c(COC(=O)c2cc[n+]([O-])cc2)nc2ccccc2c1=O. The highest BCUT2D eigenvalue weighted by atomic mass is 16.5. The molecule has 0 bridgehead atoms. The summed E-state index contributed by atoms with van der Waals surface area (Å²) >= 11 is 0. The summed E-state index contributed by atoms with van der Waals surface area (Å²) in [6.45, 7) is -0.474. The number of hydrogen-bond acceptors (Lipinski definition) is 6. The number of hydrogen-bond donors (Lipinski definition) is 0. The maximum atomic E-state index is 12.5. The minimum atomic E-state index is -0.661. The number of esters is 1. The molecule has 0 unspecified atom stereocenters. The van der Waals surface area contributed by atoms with Gasteiger partial charge in [0.15, 0.2) is 18.2 Å². The maximum absolute atomic E-state index is 12.5. The van der Waals surface area contributed by atoms with E-state index < -0.39 is 5.97 Å². The van der Waals surface area contributed by atoms with Gasteiger partial charge in [-0.15, -0.1) is 0 Å². The molecule has 3 aromatic rings. The number of fused-ring (bicyclic) bond motifs is 1. The monoisotopic (exact) mass is 336 g/mol. The number of nitrogens with zero attached hydrogens (tertiary/aromatic N) is 4. The molecule has 0 saturated carbocycles. The first-order valence-corrected chi connectivity index (χ1v) is 7.31. The molecule has 0 atom stereocenters. The third-order valence-electron chi connectivity index (χ3n) is 3.54. The molecule has 0 aliphatic heterocycles. The number of pyridine rings is 1. The normalized spacial score (nSPS) is 10.4. The molecule has 0 spiro atoms. The zero-order chi connectivity index (χ0) is 17.8. The highest BCUT2D eigenvalue weighted by Crippen LogP contribution is 2.09. The average Bonchev–Trinajstić information content (AvgIpc) is 2.63.